The molecule has 0 fully saturated rings. The monoisotopic (exact) mass is 306 g/mol. The summed E-state index contributed by atoms with van der Waals surface area (Å²) in [4.78, 5) is 0. The lowest BCUT2D eigenvalue weighted by Crippen LogP contribution is -1.82. The van der Waals surface area contributed by atoms with Crippen molar-refractivity contribution in [3.63, 3.8) is 0 Å². The molecule has 0 aliphatic rings. The molecule has 0 aromatic carbocycles. The van der Waals surface area contributed by atoms with Gasteiger partial charge in [-0.25, -0.2) is 0 Å². The summed E-state index contributed by atoms with van der Waals surface area (Å²) in [6.07, 6.45) is 24.8. The van der Waals surface area contributed by atoms with Crippen molar-refractivity contribution in [2.45, 2.75) is 129 Å². The fraction of sp³-hybridized carbons (Fsp3) is 0.909. The standard InChI is InChI=1S/C22H42/c1-3-5-7-9-11-13-15-17-19-21-22-20-18-16-14-12-10-8-6-4-2/h3-13,15,17-22H2,1-2H3. The molecule has 0 amide bonds. The third kappa shape index (κ3) is 19.6. The van der Waals surface area contributed by atoms with Crippen molar-refractivity contribution >= 4 is 0 Å². The molecule has 0 unspecified atom stereocenters. The van der Waals surface area contributed by atoms with E-state index in [9.17, 15) is 0 Å². The van der Waals surface area contributed by atoms with Crippen molar-refractivity contribution in [2.75, 3.05) is 0 Å². The zero-order valence-corrected chi connectivity index (χ0v) is 15.7. The highest BCUT2D eigenvalue weighted by Gasteiger charge is 1.93. The fourth-order valence-electron chi connectivity index (χ4n) is 2.87. The highest BCUT2D eigenvalue weighted by molar-refractivity contribution is 4.98. The van der Waals surface area contributed by atoms with Crippen LogP contribution in [0.1, 0.15) is 129 Å². The van der Waals surface area contributed by atoms with E-state index in [0.29, 0.717) is 0 Å². The molecular weight excluding hydrogens is 264 g/mol. The van der Waals surface area contributed by atoms with Crippen LogP contribution in [0.15, 0.2) is 0 Å². The Kier molecular flexibility index (Phi) is 20.1. The Labute approximate surface area is 141 Å². The molecule has 0 heterocycles. The summed E-state index contributed by atoms with van der Waals surface area (Å²) >= 11 is 0. The van der Waals surface area contributed by atoms with Gasteiger partial charge in [0, 0.05) is 12.8 Å². The van der Waals surface area contributed by atoms with E-state index >= 15 is 0 Å². The molecule has 0 spiro atoms. The second-order valence-electron chi connectivity index (χ2n) is 6.80. The zero-order valence-electron chi connectivity index (χ0n) is 15.7. The molecule has 0 saturated carbocycles. The van der Waals surface area contributed by atoms with Crippen LogP contribution in [-0.2, 0) is 0 Å². The summed E-state index contributed by atoms with van der Waals surface area (Å²) in [6.45, 7) is 4.55. The molecule has 0 N–H and O–H groups in total. The quantitative estimate of drug-likeness (QED) is 0.200. The molecule has 0 saturated heterocycles. The average molecular weight is 307 g/mol. The van der Waals surface area contributed by atoms with Crippen molar-refractivity contribution in [1.29, 1.82) is 0 Å². The highest BCUT2D eigenvalue weighted by atomic mass is 14.0. The van der Waals surface area contributed by atoms with Crippen LogP contribution in [-0.4, -0.2) is 0 Å². The van der Waals surface area contributed by atoms with E-state index < -0.39 is 0 Å². The van der Waals surface area contributed by atoms with Crippen molar-refractivity contribution in [2.24, 2.45) is 0 Å². The van der Waals surface area contributed by atoms with Gasteiger partial charge in [-0.15, -0.1) is 11.8 Å². The largest absolute Gasteiger partial charge is 0.103 e. The molecule has 130 valence electrons. The maximum Gasteiger partial charge on any atom is 0.00886 e. The van der Waals surface area contributed by atoms with Gasteiger partial charge in [-0.2, -0.15) is 0 Å². The van der Waals surface area contributed by atoms with E-state index in [1.807, 2.05) is 0 Å². The molecule has 0 atom stereocenters. The molecule has 22 heavy (non-hydrogen) atoms. The van der Waals surface area contributed by atoms with E-state index in [-0.39, 0.29) is 0 Å². The Balaban J connectivity index is 3.04. The normalized spacial score (nSPS) is 10.5. The first-order chi connectivity index (χ1) is 10.9. The van der Waals surface area contributed by atoms with Crippen LogP contribution in [0.3, 0.4) is 0 Å². The first-order valence-corrected chi connectivity index (χ1v) is 10.4. The summed E-state index contributed by atoms with van der Waals surface area (Å²) in [5.41, 5.74) is 0. The summed E-state index contributed by atoms with van der Waals surface area (Å²) in [5, 5.41) is 0. The highest BCUT2D eigenvalue weighted by Crippen LogP contribution is 2.12. The van der Waals surface area contributed by atoms with Gasteiger partial charge in [-0.3, -0.25) is 0 Å². The van der Waals surface area contributed by atoms with Crippen LogP contribution in [0, 0.1) is 11.8 Å². The lowest BCUT2D eigenvalue weighted by Gasteiger charge is -2.01. The molecule has 0 heteroatoms. The van der Waals surface area contributed by atoms with Crippen molar-refractivity contribution in [3.8, 4) is 11.8 Å². The van der Waals surface area contributed by atoms with Gasteiger partial charge < -0.3 is 0 Å². The van der Waals surface area contributed by atoms with Crippen LogP contribution in [0.4, 0.5) is 0 Å². The summed E-state index contributed by atoms with van der Waals surface area (Å²) in [7, 11) is 0. The Hall–Kier alpha value is -0.440. The molecule has 0 radical (unpaired) electrons. The number of rotatable bonds is 16. The minimum Gasteiger partial charge on any atom is -0.103 e. The van der Waals surface area contributed by atoms with Gasteiger partial charge in [0.15, 0.2) is 0 Å². The van der Waals surface area contributed by atoms with Gasteiger partial charge in [0.25, 0.3) is 0 Å². The SMILES string of the molecule is CCCCCCC#CCCCCCCCCCCCCCC. The first kappa shape index (κ1) is 21.6. The van der Waals surface area contributed by atoms with Gasteiger partial charge in [0.2, 0.25) is 0 Å². The minimum absolute atomic E-state index is 1.12. The predicted octanol–water partition coefficient (Wildman–Crippen LogP) is 8.05. The van der Waals surface area contributed by atoms with E-state index in [1.165, 1.54) is 103 Å². The van der Waals surface area contributed by atoms with E-state index in [1.54, 1.807) is 0 Å². The first-order valence-electron chi connectivity index (χ1n) is 10.4. The smallest absolute Gasteiger partial charge is 0.00886 e. The topological polar surface area (TPSA) is 0 Å². The van der Waals surface area contributed by atoms with Crippen molar-refractivity contribution in [3.05, 3.63) is 0 Å². The fourth-order valence-corrected chi connectivity index (χ4v) is 2.87. The number of hydrogen-bond acceptors (Lipinski definition) is 0. The van der Waals surface area contributed by atoms with Crippen LogP contribution >= 0.6 is 0 Å². The van der Waals surface area contributed by atoms with Gasteiger partial charge in [0.05, 0.1) is 0 Å². The third-order valence-electron chi connectivity index (χ3n) is 4.44. The van der Waals surface area contributed by atoms with E-state index in [2.05, 4.69) is 25.7 Å². The zero-order chi connectivity index (χ0) is 16.1. The molecule has 0 aliphatic carbocycles. The van der Waals surface area contributed by atoms with Crippen molar-refractivity contribution in [1.82, 2.24) is 0 Å². The Bertz CT molecular complexity index is 242. The maximum absolute atomic E-state index is 3.35. The molecule has 0 bridgehead atoms. The summed E-state index contributed by atoms with van der Waals surface area (Å²) in [5.74, 6) is 6.68. The van der Waals surface area contributed by atoms with Gasteiger partial charge >= 0.3 is 0 Å². The predicted molar refractivity (Wildman–Crippen MR) is 102 cm³/mol. The molecule has 0 aromatic heterocycles. The second-order valence-corrected chi connectivity index (χ2v) is 6.80. The second kappa shape index (κ2) is 20.6. The molecule has 0 aromatic rings. The van der Waals surface area contributed by atoms with Gasteiger partial charge in [-0.1, -0.05) is 104 Å². The third-order valence-corrected chi connectivity index (χ3v) is 4.44. The summed E-state index contributed by atoms with van der Waals surface area (Å²) < 4.78 is 0. The van der Waals surface area contributed by atoms with Gasteiger partial charge in [-0.05, 0) is 12.8 Å². The van der Waals surface area contributed by atoms with Crippen molar-refractivity contribution < 1.29 is 0 Å². The maximum atomic E-state index is 3.35. The molecule has 0 rings (SSSR count). The van der Waals surface area contributed by atoms with Crippen LogP contribution < -0.4 is 0 Å². The molecule has 0 nitrogen and oxygen atoms in total. The lowest BCUT2D eigenvalue weighted by atomic mass is 10.0. The lowest BCUT2D eigenvalue weighted by molar-refractivity contribution is 0.545. The molecular formula is C22H42. The molecule has 0 aliphatic heterocycles. The van der Waals surface area contributed by atoms with Crippen LogP contribution in [0.25, 0.3) is 0 Å². The van der Waals surface area contributed by atoms with E-state index in [0.717, 1.165) is 12.8 Å². The van der Waals surface area contributed by atoms with Gasteiger partial charge in [0.1, 0.15) is 0 Å². The van der Waals surface area contributed by atoms with Crippen LogP contribution in [0.2, 0.25) is 0 Å². The van der Waals surface area contributed by atoms with Crippen LogP contribution in [0.5, 0.6) is 0 Å². The Morgan fingerprint density at radius 3 is 1.00 bits per heavy atom. The Morgan fingerprint density at radius 1 is 0.364 bits per heavy atom. The Morgan fingerprint density at radius 2 is 0.636 bits per heavy atom. The summed E-state index contributed by atoms with van der Waals surface area (Å²) in [6, 6.07) is 0. The van der Waals surface area contributed by atoms with E-state index in [4.69, 9.17) is 0 Å². The average Bonchev–Trinajstić information content (AvgIpc) is 2.54. The number of hydrogen-bond donors (Lipinski definition) is 0. The minimum atomic E-state index is 1.12. The number of unbranched alkanes of at least 4 members (excludes halogenated alkanes) is 16.